The van der Waals surface area contributed by atoms with Gasteiger partial charge < -0.3 is 20.7 Å². The van der Waals surface area contributed by atoms with Crippen molar-refractivity contribution in [1.82, 2.24) is 4.90 Å². The molecule has 1 fully saturated rings. The predicted molar refractivity (Wildman–Crippen MR) is 89.5 cm³/mol. The van der Waals surface area contributed by atoms with Crippen LogP contribution in [-0.2, 0) is 9.53 Å². The Morgan fingerprint density at radius 3 is 2.29 bits per heavy atom. The summed E-state index contributed by atoms with van der Waals surface area (Å²) in [6.45, 7) is 5.37. The van der Waals surface area contributed by atoms with Gasteiger partial charge in [0.15, 0.2) is 6.61 Å². The zero-order chi connectivity index (χ0) is 17.7. The molecule has 3 amide bonds. The number of anilines is 1. The quantitative estimate of drug-likeness (QED) is 0.821. The number of carbonyl (C=O) groups excluding carboxylic acids is 3. The first-order valence-corrected chi connectivity index (χ1v) is 7.96. The van der Waals surface area contributed by atoms with Crippen LogP contribution in [0, 0.1) is 11.8 Å². The topological polar surface area (TPSA) is 102 Å². The molecule has 0 spiro atoms. The zero-order valence-electron chi connectivity index (χ0n) is 14.0. The van der Waals surface area contributed by atoms with Crippen LogP contribution in [0.5, 0.6) is 0 Å². The van der Waals surface area contributed by atoms with E-state index >= 15 is 0 Å². The second-order valence-electron chi connectivity index (χ2n) is 6.39. The second-order valence-corrected chi connectivity index (χ2v) is 6.39. The van der Waals surface area contributed by atoms with Crippen molar-refractivity contribution in [3.8, 4) is 0 Å². The Morgan fingerprint density at radius 2 is 1.75 bits per heavy atom. The first-order valence-electron chi connectivity index (χ1n) is 7.96. The minimum Gasteiger partial charge on any atom is -0.452 e. The van der Waals surface area contributed by atoms with Crippen LogP contribution in [0.4, 0.5) is 10.5 Å². The lowest BCUT2D eigenvalue weighted by Crippen LogP contribution is -2.44. The fraction of sp³-hybridized carbons (Fsp3) is 0.471. The molecule has 3 N–H and O–H groups in total. The third kappa shape index (κ3) is 4.97. The van der Waals surface area contributed by atoms with Gasteiger partial charge in [-0.2, -0.15) is 0 Å². The molecular weight excluding hydrogens is 310 g/mol. The first kappa shape index (κ1) is 17.8. The molecule has 1 aromatic carbocycles. The number of esters is 1. The third-order valence-electron chi connectivity index (χ3n) is 3.94. The summed E-state index contributed by atoms with van der Waals surface area (Å²) in [4.78, 5) is 36.7. The highest BCUT2D eigenvalue weighted by Gasteiger charge is 2.26. The van der Waals surface area contributed by atoms with E-state index in [1.165, 1.54) is 24.3 Å². The molecule has 7 nitrogen and oxygen atoms in total. The van der Waals surface area contributed by atoms with Crippen LogP contribution in [-0.4, -0.2) is 42.5 Å². The van der Waals surface area contributed by atoms with Gasteiger partial charge >= 0.3 is 12.0 Å². The highest BCUT2D eigenvalue weighted by atomic mass is 16.5. The monoisotopic (exact) mass is 333 g/mol. The Hall–Kier alpha value is -2.57. The largest absolute Gasteiger partial charge is 0.452 e. The van der Waals surface area contributed by atoms with Crippen molar-refractivity contribution in [2.75, 3.05) is 25.0 Å². The van der Waals surface area contributed by atoms with Crippen LogP contribution >= 0.6 is 0 Å². The molecule has 24 heavy (non-hydrogen) atoms. The Bertz CT molecular complexity index is 605. The summed E-state index contributed by atoms with van der Waals surface area (Å²) in [5, 5.41) is 2.40. The number of urea groups is 1. The number of carbonyl (C=O) groups is 3. The Balaban J connectivity index is 1.86. The molecule has 0 aromatic heterocycles. The van der Waals surface area contributed by atoms with Crippen molar-refractivity contribution in [2.24, 2.45) is 17.6 Å². The van der Waals surface area contributed by atoms with Gasteiger partial charge in [0.1, 0.15) is 0 Å². The molecule has 2 rings (SSSR count). The van der Waals surface area contributed by atoms with Crippen LogP contribution in [0.15, 0.2) is 24.3 Å². The lowest BCUT2D eigenvalue weighted by molar-refractivity contribution is -0.137. The van der Waals surface area contributed by atoms with Crippen LogP contribution < -0.4 is 11.1 Å². The molecule has 1 saturated heterocycles. The molecular formula is C17H23N3O4. The molecule has 7 heteroatoms. The number of ether oxygens (including phenoxy) is 1. The van der Waals surface area contributed by atoms with Gasteiger partial charge in [-0.25, -0.2) is 9.59 Å². The summed E-state index contributed by atoms with van der Waals surface area (Å²) in [7, 11) is 0. The molecule has 1 aliphatic rings. The standard InChI is InChI=1S/C17H23N3O4/c1-11-7-12(2)9-20(8-11)15(21)10-24-16(22)13-3-5-14(6-4-13)19-17(18)23/h3-6,11-12H,7-10H2,1-2H3,(H3,18,19,23)/t11-,12-/m0/s1. The number of likely N-dealkylation sites (tertiary alicyclic amines) is 1. The van der Waals surface area contributed by atoms with E-state index in [2.05, 4.69) is 19.2 Å². The van der Waals surface area contributed by atoms with Crippen LogP contribution in [0.2, 0.25) is 0 Å². The van der Waals surface area contributed by atoms with E-state index in [-0.39, 0.29) is 12.5 Å². The number of benzene rings is 1. The molecule has 130 valence electrons. The minimum absolute atomic E-state index is 0.172. The van der Waals surface area contributed by atoms with Gasteiger partial charge in [0.05, 0.1) is 5.56 Å². The van der Waals surface area contributed by atoms with E-state index < -0.39 is 12.0 Å². The van der Waals surface area contributed by atoms with Crippen LogP contribution in [0.25, 0.3) is 0 Å². The maximum Gasteiger partial charge on any atom is 0.338 e. The minimum atomic E-state index is -0.680. The zero-order valence-corrected chi connectivity index (χ0v) is 14.0. The second kappa shape index (κ2) is 7.81. The Morgan fingerprint density at radius 1 is 1.17 bits per heavy atom. The van der Waals surface area contributed by atoms with Gasteiger partial charge in [-0.05, 0) is 42.5 Å². The highest BCUT2D eigenvalue weighted by Crippen LogP contribution is 2.21. The molecule has 0 radical (unpaired) electrons. The van der Waals surface area contributed by atoms with Crippen molar-refractivity contribution < 1.29 is 19.1 Å². The van der Waals surface area contributed by atoms with Crippen molar-refractivity contribution in [3.63, 3.8) is 0 Å². The molecule has 0 saturated carbocycles. The molecule has 1 heterocycles. The molecule has 0 aliphatic carbocycles. The third-order valence-corrected chi connectivity index (χ3v) is 3.94. The van der Waals surface area contributed by atoms with Gasteiger partial charge in [0.25, 0.3) is 5.91 Å². The summed E-state index contributed by atoms with van der Waals surface area (Å²) >= 11 is 0. The van der Waals surface area contributed by atoms with Crippen molar-refractivity contribution >= 4 is 23.6 Å². The van der Waals surface area contributed by atoms with Gasteiger partial charge in [-0.1, -0.05) is 13.8 Å². The van der Waals surface area contributed by atoms with E-state index in [9.17, 15) is 14.4 Å². The average molecular weight is 333 g/mol. The van der Waals surface area contributed by atoms with Crippen molar-refractivity contribution in [1.29, 1.82) is 0 Å². The maximum absolute atomic E-state index is 12.2. The summed E-state index contributed by atoms with van der Waals surface area (Å²) in [6, 6.07) is 5.40. The number of rotatable bonds is 4. The Labute approximate surface area is 141 Å². The number of piperidine rings is 1. The van der Waals surface area contributed by atoms with Crippen molar-refractivity contribution in [2.45, 2.75) is 20.3 Å². The van der Waals surface area contributed by atoms with E-state index in [0.29, 0.717) is 36.2 Å². The number of primary amides is 1. The van der Waals surface area contributed by atoms with Gasteiger partial charge in [0.2, 0.25) is 0 Å². The summed E-state index contributed by atoms with van der Waals surface area (Å²) in [5.74, 6) is 0.165. The predicted octanol–water partition coefficient (Wildman–Crippen LogP) is 1.84. The number of nitrogens with zero attached hydrogens (tertiary/aromatic N) is 1. The van der Waals surface area contributed by atoms with Crippen LogP contribution in [0.3, 0.4) is 0 Å². The summed E-state index contributed by atoms with van der Waals surface area (Å²) in [6.07, 6.45) is 1.11. The summed E-state index contributed by atoms with van der Waals surface area (Å²) < 4.78 is 5.09. The fourth-order valence-corrected chi connectivity index (χ4v) is 3.00. The molecule has 1 aliphatic heterocycles. The molecule has 1 aromatic rings. The molecule has 2 atom stereocenters. The average Bonchev–Trinajstić information content (AvgIpc) is 2.51. The van der Waals surface area contributed by atoms with E-state index in [0.717, 1.165) is 6.42 Å². The summed E-state index contributed by atoms with van der Waals surface area (Å²) in [5.41, 5.74) is 5.79. The van der Waals surface area contributed by atoms with E-state index in [1.54, 1.807) is 4.90 Å². The lowest BCUT2D eigenvalue weighted by atomic mass is 9.92. The SMILES string of the molecule is C[C@H]1C[C@H](C)CN(C(=O)COC(=O)c2ccc(NC(N)=O)cc2)C1. The smallest absolute Gasteiger partial charge is 0.338 e. The Kier molecular flexibility index (Phi) is 5.78. The fourth-order valence-electron chi connectivity index (χ4n) is 3.00. The van der Waals surface area contributed by atoms with Crippen molar-refractivity contribution in [3.05, 3.63) is 29.8 Å². The van der Waals surface area contributed by atoms with Gasteiger partial charge in [-0.15, -0.1) is 0 Å². The van der Waals surface area contributed by atoms with E-state index in [1.807, 2.05) is 0 Å². The molecule has 0 bridgehead atoms. The first-order chi connectivity index (χ1) is 11.3. The molecule has 0 unspecified atom stereocenters. The van der Waals surface area contributed by atoms with Gasteiger partial charge in [-0.3, -0.25) is 4.79 Å². The highest BCUT2D eigenvalue weighted by molar-refractivity contribution is 5.93. The lowest BCUT2D eigenvalue weighted by Gasteiger charge is -2.34. The van der Waals surface area contributed by atoms with Gasteiger partial charge in [0, 0.05) is 18.8 Å². The number of nitrogens with one attached hydrogen (secondary N) is 1. The maximum atomic E-state index is 12.2. The number of amides is 3. The normalized spacial score (nSPS) is 20.3. The number of nitrogens with two attached hydrogens (primary N) is 1. The number of hydrogen-bond donors (Lipinski definition) is 2. The van der Waals surface area contributed by atoms with E-state index in [4.69, 9.17) is 10.5 Å². The van der Waals surface area contributed by atoms with Crippen LogP contribution in [0.1, 0.15) is 30.6 Å². The number of hydrogen-bond acceptors (Lipinski definition) is 4.